The molecule has 36 heavy (non-hydrogen) atoms. The van der Waals surface area contributed by atoms with E-state index in [1.165, 1.54) is 0 Å². The zero-order chi connectivity index (χ0) is 23.8. The lowest BCUT2D eigenvalue weighted by Gasteiger charge is -2.22. The Morgan fingerprint density at radius 2 is 1.75 bits per heavy atom. The molecule has 1 atom stereocenters. The van der Waals surface area contributed by atoms with Crippen LogP contribution in [0.25, 0.3) is 28.0 Å². The number of nitriles is 1. The second-order valence-electron chi connectivity index (χ2n) is 8.33. The van der Waals surface area contributed by atoms with Crippen LogP contribution in [0.2, 0.25) is 5.02 Å². The molecule has 2 aromatic heterocycles. The molecule has 2 aromatic carbocycles. The largest absolute Gasteiger partial charge is 0.496 e. The minimum absolute atomic E-state index is 0. The number of imidazole rings is 1. The molecular weight excluding hydrogens is 521 g/mol. The molecule has 0 radical (unpaired) electrons. The molecule has 4 aromatic rings. The highest BCUT2D eigenvalue weighted by atomic mass is 35.5. The number of pyridine rings is 1. The topological polar surface area (TPSA) is 88.8 Å². The van der Waals surface area contributed by atoms with Gasteiger partial charge < -0.3 is 24.5 Å². The van der Waals surface area contributed by atoms with Gasteiger partial charge in [0, 0.05) is 60.5 Å². The van der Waals surface area contributed by atoms with Crippen LogP contribution in [0.1, 0.15) is 12.0 Å². The van der Waals surface area contributed by atoms with Gasteiger partial charge in [0.15, 0.2) is 0 Å². The molecule has 5 rings (SSSR count). The molecule has 2 N–H and O–H groups in total. The molecule has 188 valence electrons. The molecule has 1 fully saturated rings. The Hall–Kier alpha value is -3.15. The van der Waals surface area contributed by atoms with E-state index in [-0.39, 0.29) is 30.9 Å². The summed E-state index contributed by atoms with van der Waals surface area (Å²) in [6.45, 7) is 1.67. The van der Waals surface area contributed by atoms with Crippen LogP contribution in [0.3, 0.4) is 0 Å². The van der Waals surface area contributed by atoms with Gasteiger partial charge in [-0.1, -0.05) is 23.7 Å². The summed E-state index contributed by atoms with van der Waals surface area (Å²) < 4.78 is 12.9. The maximum atomic E-state index is 9.19. The van der Waals surface area contributed by atoms with Gasteiger partial charge in [0.25, 0.3) is 0 Å². The smallest absolute Gasteiger partial charge is 0.141 e. The van der Waals surface area contributed by atoms with E-state index < -0.39 is 0 Å². The Labute approximate surface area is 227 Å². The van der Waals surface area contributed by atoms with Gasteiger partial charge in [0.2, 0.25) is 0 Å². The summed E-state index contributed by atoms with van der Waals surface area (Å²) in [6, 6.07) is 15.6. The van der Waals surface area contributed by atoms with E-state index in [1.807, 2.05) is 40.9 Å². The highest BCUT2D eigenvalue weighted by Crippen LogP contribution is 2.39. The third kappa shape index (κ3) is 5.04. The maximum absolute atomic E-state index is 9.19. The van der Waals surface area contributed by atoms with E-state index in [1.54, 1.807) is 20.3 Å². The van der Waals surface area contributed by atoms with Gasteiger partial charge in [-0.2, -0.15) is 5.26 Å². The monoisotopic (exact) mass is 545 g/mol. The Morgan fingerprint density at radius 3 is 2.36 bits per heavy atom. The van der Waals surface area contributed by atoms with Crippen LogP contribution in [0.15, 0.2) is 54.9 Å². The number of methoxy groups -OCH3 is 2. The number of aromatic nitrogens is 2. The first-order valence-corrected chi connectivity index (χ1v) is 11.3. The molecular formula is C26H26Cl3N5O2. The molecule has 1 aliphatic heterocycles. The fraction of sp³-hybridized carbons (Fsp3) is 0.231. The summed E-state index contributed by atoms with van der Waals surface area (Å²) in [7, 11) is 3.18. The third-order valence-electron chi connectivity index (χ3n) is 6.21. The summed E-state index contributed by atoms with van der Waals surface area (Å²) >= 11 is 6.41. The molecule has 0 bridgehead atoms. The summed E-state index contributed by atoms with van der Waals surface area (Å²) in [5, 5.41) is 9.68. The third-order valence-corrected chi connectivity index (χ3v) is 6.51. The van der Waals surface area contributed by atoms with Crippen molar-refractivity contribution < 1.29 is 9.47 Å². The quantitative estimate of drug-likeness (QED) is 0.351. The second-order valence-corrected chi connectivity index (χ2v) is 8.74. The first-order chi connectivity index (χ1) is 16.5. The molecule has 0 spiro atoms. The standard InChI is InChI=1S/C26H24ClN5O2.2ClH/c1-33-24-11-25(34-2)21(27)9-19(24)22-15-32-14-20(17-5-3-16(12-28)4-6-17)23(10-26(32)30-22)31-8-7-18(29)13-31;;/h3-6,9-11,14-15,18H,7-8,13,29H2,1-2H3;2*1H. The van der Waals surface area contributed by atoms with Crippen LogP contribution >= 0.6 is 36.4 Å². The highest BCUT2D eigenvalue weighted by molar-refractivity contribution is 6.32. The molecule has 0 aliphatic carbocycles. The number of benzene rings is 2. The Kier molecular flexibility index (Phi) is 8.59. The van der Waals surface area contributed by atoms with Crippen molar-refractivity contribution in [2.45, 2.75) is 12.5 Å². The summed E-state index contributed by atoms with van der Waals surface area (Å²) in [5.41, 5.74) is 12.3. The number of fused-ring (bicyclic) bond motifs is 1. The van der Waals surface area contributed by atoms with Crippen molar-refractivity contribution in [1.29, 1.82) is 5.26 Å². The first-order valence-electron chi connectivity index (χ1n) is 11.0. The van der Waals surface area contributed by atoms with Crippen LogP contribution in [0, 0.1) is 11.3 Å². The van der Waals surface area contributed by atoms with Crippen LogP contribution in [0.4, 0.5) is 5.69 Å². The minimum Gasteiger partial charge on any atom is -0.496 e. The van der Waals surface area contributed by atoms with Crippen molar-refractivity contribution in [3.8, 4) is 40.0 Å². The number of hydrogen-bond donors (Lipinski definition) is 1. The number of hydrogen-bond acceptors (Lipinski definition) is 6. The minimum atomic E-state index is 0. The van der Waals surface area contributed by atoms with Crippen molar-refractivity contribution in [3.63, 3.8) is 0 Å². The zero-order valence-electron chi connectivity index (χ0n) is 19.8. The molecule has 0 saturated carbocycles. The fourth-order valence-electron chi connectivity index (χ4n) is 4.43. The SMILES string of the molecule is COc1cc(OC)c(-c2cn3cc(-c4ccc(C#N)cc4)c(N4CCC(N)C4)cc3n2)cc1Cl.Cl.Cl. The molecule has 1 saturated heterocycles. The fourth-order valence-corrected chi connectivity index (χ4v) is 4.67. The van der Waals surface area contributed by atoms with Crippen LogP contribution < -0.4 is 20.1 Å². The Morgan fingerprint density at radius 1 is 1.03 bits per heavy atom. The predicted octanol–water partition coefficient (Wildman–Crippen LogP) is 5.59. The Balaban J connectivity index is 0.00000180. The van der Waals surface area contributed by atoms with Crippen LogP contribution in [-0.4, -0.2) is 42.7 Å². The molecule has 0 amide bonds. The number of nitrogens with two attached hydrogens (primary N) is 1. The molecule has 10 heteroatoms. The average Bonchev–Trinajstić information content (AvgIpc) is 3.48. The van der Waals surface area contributed by atoms with E-state index in [9.17, 15) is 5.26 Å². The van der Waals surface area contributed by atoms with Gasteiger partial charge in [0.05, 0.1) is 36.6 Å². The van der Waals surface area contributed by atoms with Crippen molar-refractivity contribution in [1.82, 2.24) is 9.38 Å². The van der Waals surface area contributed by atoms with E-state index in [2.05, 4.69) is 23.2 Å². The number of anilines is 1. The van der Waals surface area contributed by atoms with Gasteiger partial charge in [-0.25, -0.2) is 4.98 Å². The molecule has 1 unspecified atom stereocenters. The maximum Gasteiger partial charge on any atom is 0.141 e. The number of ether oxygens (including phenoxy) is 2. The van der Waals surface area contributed by atoms with Gasteiger partial charge in [0.1, 0.15) is 17.1 Å². The zero-order valence-corrected chi connectivity index (χ0v) is 22.2. The normalized spacial score (nSPS) is 14.6. The van der Waals surface area contributed by atoms with Crippen LogP contribution in [0.5, 0.6) is 11.5 Å². The average molecular weight is 547 g/mol. The lowest BCUT2D eigenvalue weighted by Crippen LogP contribution is -2.26. The second kappa shape index (κ2) is 11.3. The van der Waals surface area contributed by atoms with E-state index >= 15 is 0 Å². The van der Waals surface area contributed by atoms with Gasteiger partial charge >= 0.3 is 0 Å². The van der Waals surface area contributed by atoms with Crippen molar-refractivity contribution >= 4 is 47.7 Å². The van der Waals surface area contributed by atoms with E-state index in [0.29, 0.717) is 22.1 Å². The molecule has 1 aliphatic rings. The summed E-state index contributed by atoms with van der Waals surface area (Å²) in [6.07, 6.45) is 4.98. The number of rotatable bonds is 5. The van der Waals surface area contributed by atoms with Crippen molar-refractivity contribution in [2.75, 3.05) is 32.2 Å². The van der Waals surface area contributed by atoms with E-state index in [4.69, 9.17) is 31.8 Å². The van der Waals surface area contributed by atoms with Crippen molar-refractivity contribution in [2.24, 2.45) is 5.73 Å². The molecule has 7 nitrogen and oxygen atoms in total. The predicted molar refractivity (Wildman–Crippen MR) is 148 cm³/mol. The summed E-state index contributed by atoms with van der Waals surface area (Å²) in [4.78, 5) is 7.19. The number of nitrogens with zero attached hydrogens (tertiary/aromatic N) is 4. The Bertz CT molecular complexity index is 1420. The molecule has 3 heterocycles. The van der Waals surface area contributed by atoms with Crippen molar-refractivity contribution in [3.05, 3.63) is 65.4 Å². The lowest BCUT2D eigenvalue weighted by molar-refractivity contribution is 0.395. The summed E-state index contributed by atoms with van der Waals surface area (Å²) in [5.74, 6) is 1.17. The number of halogens is 3. The van der Waals surface area contributed by atoms with Gasteiger partial charge in [-0.15, -0.1) is 24.8 Å². The van der Waals surface area contributed by atoms with E-state index in [0.717, 1.165) is 53.2 Å². The van der Waals surface area contributed by atoms with Crippen LogP contribution in [-0.2, 0) is 0 Å². The first kappa shape index (κ1) is 27.4. The lowest BCUT2D eigenvalue weighted by atomic mass is 10.0. The highest BCUT2D eigenvalue weighted by Gasteiger charge is 2.23. The van der Waals surface area contributed by atoms with Gasteiger partial charge in [-0.05, 0) is 30.2 Å². The van der Waals surface area contributed by atoms with Gasteiger partial charge in [-0.3, -0.25) is 0 Å².